The lowest BCUT2D eigenvalue weighted by molar-refractivity contribution is -0.0505. The smallest absolute Gasteiger partial charge is 0.387 e. The van der Waals surface area contributed by atoms with Crippen LogP contribution in [0.4, 0.5) is 14.5 Å². The second-order valence-corrected chi connectivity index (χ2v) is 6.88. The Kier molecular flexibility index (Phi) is 4.43. The molecule has 0 radical (unpaired) electrons. The number of nitrogens with zero attached hydrogens (tertiary/aromatic N) is 2. The largest absolute Gasteiger partial charge is 0.494 e. The summed E-state index contributed by atoms with van der Waals surface area (Å²) in [6.45, 7) is -0.915. The minimum atomic E-state index is -2.88. The monoisotopic (exact) mass is 386 g/mol. The number of ether oxygens (including phenoxy) is 2. The molecule has 146 valence electrons. The van der Waals surface area contributed by atoms with Crippen LogP contribution in [0.5, 0.6) is 11.5 Å². The maximum Gasteiger partial charge on any atom is 0.387 e. The van der Waals surface area contributed by atoms with E-state index in [0.29, 0.717) is 23.4 Å². The van der Waals surface area contributed by atoms with Crippen molar-refractivity contribution < 1.29 is 18.3 Å². The maximum absolute atomic E-state index is 12.7. The highest BCUT2D eigenvalue weighted by Gasteiger charge is 2.39. The first-order valence-corrected chi connectivity index (χ1v) is 8.75. The molecule has 4 rings (SSSR count). The van der Waals surface area contributed by atoms with Crippen LogP contribution < -0.4 is 20.6 Å². The molecule has 28 heavy (non-hydrogen) atoms. The number of nitrogens with two attached hydrogens (primary N) is 1. The van der Waals surface area contributed by atoms with Gasteiger partial charge in [0.05, 0.1) is 18.3 Å². The van der Waals surface area contributed by atoms with Gasteiger partial charge in [0.25, 0.3) is 0 Å². The van der Waals surface area contributed by atoms with E-state index in [2.05, 4.69) is 15.2 Å². The van der Waals surface area contributed by atoms with E-state index >= 15 is 0 Å². The molecule has 6 nitrogen and oxygen atoms in total. The third-order valence-corrected chi connectivity index (χ3v) is 4.76. The third kappa shape index (κ3) is 3.16. The van der Waals surface area contributed by atoms with Crippen molar-refractivity contribution in [2.45, 2.75) is 25.5 Å². The van der Waals surface area contributed by atoms with Crippen LogP contribution in [0.2, 0.25) is 0 Å². The lowest BCUT2D eigenvalue weighted by Gasteiger charge is -2.31. The van der Waals surface area contributed by atoms with Crippen LogP contribution >= 0.6 is 0 Å². The zero-order valence-corrected chi connectivity index (χ0v) is 15.4. The molecule has 1 unspecified atom stereocenters. The third-order valence-electron chi connectivity index (χ3n) is 4.76. The predicted octanol–water partition coefficient (Wildman–Crippen LogP) is 3.42. The van der Waals surface area contributed by atoms with Gasteiger partial charge in [-0.3, -0.25) is 0 Å². The first kappa shape index (κ1) is 18.2. The number of para-hydroxylation sites is 2. The quantitative estimate of drug-likeness (QED) is 0.824. The number of fused-ring (bicyclic) bond motifs is 3. The molecule has 3 N–H and O–H groups in total. The molecule has 2 aromatic rings. The summed E-state index contributed by atoms with van der Waals surface area (Å²) in [6, 6.07) is 12.4. The zero-order chi connectivity index (χ0) is 19.9. The van der Waals surface area contributed by atoms with Gasteiger partial charge in [-0.25, -0.2) is 15.4 Å². The molecule has 8 heteroatoms. The van der Waals surface area contributed by atoms with E-state index in [1.54, 1.807) is 30.3 Å². The average Bonchev–Trinajstić information content (AvgIpc) is 3.01. The number of hydrogen-bond donors (Lipinski definition) is 2. The van der Waals surface area contributed by atoms with Crippen LogP contribution in [-0.2, 0) is 6.42 Å². The summed E-state index contributed by atoms with van der Waals surface area (Å²) in [6.07, 6.45) is 2.44. The Morgan fingerprint density at radius 1 is 1.18 bits per heavy atom. The van der Waals surface area contributed by atoms with Gasteiger partial charge < -0.3 is 15.2 Å². The Labute approximate surface area is 161 Å². The molecule has 0 aromatic heterocycles. The second kappa shape index (κ2) is 6.79. The number of hydrogen-bond acceptors (Lipinski definition) is 6. The SMILES string of the molecule is COc1cccc2c1N=C(N)N1NC(C)(Cc3ccccc3OC(F)F)C=C21. The molecule has 0 amide bonds. The van der Waals surface area contributed by atoms with Crippen LogP contribution in [0.1, 0.15) is 18.1 Å². The van der Waals surface area contributed by atoms with Crippen LogP contribution in [0, 0.1) is 0 Å². The molecule has 2 aliphatic rings. The summed E-state index contributed by atoms with van der Waals surface area (Å²) in [5.74, 6) is 1.07. The average molecular weight is 386 g/mol. The van der Waals surface area contributed by atoms with E-state index in [-0.39, 0.29) is 11.7 Å². The molecular weight excluding hydrogens is 366 g/mol. The highest BCUT2D eigenvalue weighted by atomic mass is 19.3. The number of guanidine groups is 1. The summed E-state index contributed by atoms with van der Waals surface area (Å²) in [5, 5.41) is 1.71. The van der Waals surface area contributed by atoms with Crippen LogP contribution in [-0.4, -0.2) is 30.2 Å². The number of methoxy groups -OCH3 is 1. The number of hydrazine groups is 1. The Hall–Kier alpha value is -3.13. The van der Waals surface area contributed by atoms with E-state index < -0.39 is 12.2 Å². The fourth-order valence-corrected chi connectivity index (χ4v) is 3.61. The Morgan fingerprint density at radius 3 is 2.68 bits per heavy atom. The van der Waals surface area contributed by atoms with Gasteiger partial charge in [0.2, 0.25) is 5.96 Å². The van der Waals surface area contributed by atoms with Crippen LogP contribution in [0.25, 0.3) is 5.70 Å². The summed E-state index contributed by atoms with van der Waals surface area (Å²) in [7, 11) is 1.58. The van der Waals surface area contributed by atoms with Gasteiger partial charge in [-0.15, -0.1) is 0 Å². The summed E-state index contributed by atoms with van der Waals surface area (Å²) in [4.78, 5) is 4.46. The number of aliphatic imine (C=N–C) groups is 1. The minimum Gasteiger partial charge on any atom is -0.494 e. The number of benzene rings is 2. The highest BCUT2D eigenvalue weighted by Crippen LogP contribution is 2.43. The van der Waals surface area contributed by atoms with Crippen molar-refractivity contribution in [2.24, 2.45) is 10.7 Å². The molecule has 1 atom stereocenters. The van der Waals surface area contributed by atoms with Gasteiger partial charge in [0.15, 0.2) is 0 Å². The molecule has 0 spiro atoms. The fraction of sp³-hybridized carbons (Fsp3) is 0.250. The lowest BCUT2D eigenvalue weighted by atomic mass is 9.92. The van der Waals surface area contributed by atoms with Crippen molar-refractivity contribution in [3.8, 4) is 11.5 Å². The van der Waals surface area contributed by atoms with E-state index in [9.17, 15) is 8.78 Å². The molecule has 0 saturated heterocycles. The number of halogens is 2. The number of nitrogens with one attached hydrogen (secondary N) is 1. The van der Waals surface area contributed by atoms with Gasteiger partial charge >= 0.3 is 6.61 Å². The second-order valence-electron chi connectivity index (χ2n) is 6.88. The molecule has 0 aliphatic carbocycles. The van der Waals surface area contributed by atoms with Crippen LogP contribution in [0.15, 0.2) is 53.5 Å². The summed E-state index contributed by atoms with van der Waals surface area (Å²) < 4.78 is 35.5. The molecule has 0 saturated carbocycles. The standard InChI is InChI=1S/C20H20F2N4O2/c1-20(10-12-6-3-4-8-15(12)28-18(21)22)11-14-13-7-5-9-16(27-2)17(13)24-19(23)26(14)25-20/h3-9,11,18,25H,10H2,1-2H3,(H2,23,24). The molecule has 2 aromatic carbocycles. The van der Waals surface area contributed by atoms with Crippen LogP contribution in [0.3, 0.4) is 0 Å². The number of rotatable bonds is 5. The summed E-state index contributed by atoms with van der Waals surface area (Å²) >= 11 is 0. The predicted molar refractivity (Wildman–Crippen MR) is 102 cm³/mol. The Bertz CT molecular complexity index is 976. The van der Waals surface area contributed by atoms with Crippen molar-refractivity contribution >= 4 is 17.3 Å². The Balaban J connectivity index is 1.71. The van der Waals surface area contributed by atoms with E-state index in [1.165, 1.54) is 6.07 Å². The first-order valence-electron chi connectivity index (χ1n) is 8.75. The van der Waals surface area contributed by atoms with Gasteiger partial charge in [-0.05, 0) is 37.1 Å². The summed E-state index contributed by atoms with van der Waals surface area (Å²) in [5.41, 5.74) is 12.0. The first-order chi connectivity index (χ1) is 13.4. The molecule has 0 bridgehead atoms. The molecule has 2 aliphatic heterocycles. The normalized spacial score (nSPS) is 20.4. The van der Waals surface area contributed by atoms with Crippen molar-refractivity contribution in [2.75, 3.05) is 7.11 Å². The van der Waals surface area contributed by atoms with Gasteiger partial charge in [-0.1, -0.05) is 30.3 Å². The van der Waals surface area contributed by atoms with E-state index in [0.717, 1.165) is 11.3 Å². The van der Waals surface area contributed by atoms with Gasteiger partial charge in [0, 0.05) is 5.56 Å². The van der Waals surface area contributed by atoms with E-state index in [4.69, 9.17) is 10.5 Å². The molecule has 0 fully saturated rings. The van der Waals surface area contributed by atoms with Gasteiger partial charge in [-0.2, -0.15) is 8.78 Å². The Morgan fingerprint density at radius 2 is 1.93 bits per heavy atom. The van der Waals surface area contributed by atoms with Crippen molar-refractivity contribution in [3.63, 3.8) is 0 Å². The van der Waals surface area contributed by atoms with E-state index in [1.807, 2.05) is 31.2 Å². The van der Waals surface area contributed by atoms with Crippen molar-refractivity contribution in [1.82, 2.24) is 10.4 Å². The molecular formula is C20H20F2N4O2. The van der Waals surface area contributed by atoms with Crippen molar-refractivity contribution in [3.05, 3.63) is 59.7 Å². The minimum absolute atomic E-state index is 0.160. The number of alkyl halides is 2. The van der Waals surface area contributed by atoms with Gasteiger partial charge in [0.1, 0.15) is 17.2 Å². The lowest BCUT2D eigenvalue weighted by Crippen LogP contribution is -2.51. The fourth-order valence-electron chi connectivity index (χ4n) is 3.61. The highest BCUT2D eigenvalue weighted by molar-refractivity contribution is 5.98. The van der Waals surface area contributed by atoms with Crippen molar-refractivity contribution in [1.29, 1.82) is 0 Å². The molecule has 2 heterocycles. The maximum atomic E-state index is 12.7. The topological polar surface area (TPSA) is 72.1 Å². The zero-order valence-electron chi connectivity index (χ0n) is 15.4.